The number of benzene rings is 2. The number of hydrogen-bond acceptors (Lipinski definition) is 3. The third-order valence-electron chi connectivity index (χ3n) is 3.49. The highest BCUT2D eigenvalue weighted by molar-refractivity contribution is 9.10. The molecule has 2 N–H and O–H groups in total. The van der Waals surface area contributed by atoms with E-state index < -0.39 is 0 Å². The van der Waals surface area contributed by atoms with Crippen molar-refractivity contribution < 1.29 is 4.74 Å². The second kappa shape index (κ2) is 5.41. The first-order valence-corrected chi connectivity index (χ1v) is 7.53. The Kier molecular flexibility index (Phi) is 3.59. The minimum Gasteiger partial charge on any atom is -0.496 e. The predicted molar refractivity (Wildman–Crippen MR) is 89.5 cm³/mol. The molecule has 4 nitrogen and oxygen atoms in total. The summed E-state index contributed by atoms with van der Waals surface area (Å²) in [5, 5.41) is 0. The molecule has 0 bridgehead atoms. The maximum atomic E-state index is 5.83. The quantitative estimate of drug-likeness (QED) is 0.727. The van der Waals surface area contributed by atoms with E-state index in [1.54, 1.807) is 7.11 Å². The first-order valence-electron chi connectivity index (χ1n) is 6.73. The molecule has 0 aliphatic rings. The van der Waals surface area contributed by atoms with Crippen LogP contribution < -0.4 is 10.5 Å². The number of anilines is 1. The molecule has 0 spiro atoms. The van der Waals surface area contributed by atoms with Gasteiger partial charge in [0.05, 0.1) is 23.7 Å². The molecule has 0 amide bonds. The van der Waals surface area contributed by atoms with E-state index in [0.29, 0.717) is 5.69 Å². The summed E-state index contributed by atoms with van der Waals surface area (Å²) < 4.78 is 8.65. The molecule has 0 saturated carbocycles. The van der Waals surface area contributed by atoms with E-state index in [1.807, 2.05) is 30.3 Å². The van der Waals surface area contributed by atoms with Crippen molar-refractivity contribution in [3.63, 3.8) is 0 Å². The highest BCUT2D eigenvalue weighted by atomic mass is 79.9. The zero-order valence-corrected chi connectivity index (χ0v) is 13.5. The van der Waals surface area contributed by atoms with Gasteiger partial charge in [-0.1, -0.05) is 15.9 Å². The second-order valence-electron chi connectivity index (χ2n) is 4.77. The summed E-state index contributed by atoms with van der Waals surface area (Å²) >= 11 is 3.49. The molecule has 0 radical (unpaired) electrons. The molecule has 108 valence electrons. The van der Waals surface area contributed by atoms with Crippen molar-refractivity contribution in [2.75, 3.05) is 12.8 Å². The number of fused-ring (bicyclic) bond motifs is 1. The fourth-order valence-corrected chi connectivity index (χ4v) is 2.87. The van der Waals surface area contributed by atoms with Crippen molar-refractivity contribution in [2.24, 2.45) is 0 Å². The molecule has 2 aromatic carbocycles. The number of aromatic nitrogens is 2. The van der Waals surface area contributed by atoms with Crippen LogP contribution in [0.3, 0.4) is 0 Å². The molecule has 3 rings (SSSR count). The van der Waals surface area contributed by atoms with Crippen LogP contribution in [-0.2, 0) is 6.54 Å². The van der Waals surface area contributed by atoms with E-state index in [9.17, 15) is 0 Å². The van der Waals surface area contributed by atoms with Crippen molar-refractivity contribution in [1.82, 2.24) is 9.55 Å². The lowest BCUT2D eigenvalue weighted by molar-refractivity contribution is 0.416. The lowest BCUT2D eigenvalue weighted by atomic mass is 10.1. The number of aryl methyl sites for hydroxylation is 1. The lowest BCUT2D eigenvalue weighted by Gasteiger charge is -2.11. The Bertz CT molecular complexity index is 811. The van der Waals surface area contributed by atoms with Gasteiger partial charge in [0, 0.05) is 22.8 Å². The second-order valence-corrected chi connectivity index (χ2v) is 5.69. The number of nitrogens with zero attached hydrogens (tertiary/aromatic N) is 2. The Morgan fingerprint density at radius 3 is 2.76 bits per heavy atom. The number of halogens is 1. The molecule has 0 atom stereocenters. The average molecular weight is 346 g/mol. The van der Waals surface area contributed by atoms with Crippen LogP contribution in [0.15, 0.2) is 40.9 Å². The van der Waals surface area contributed by atoms with Crippen LogP contribution in [-0.4, -0.2) is 16.7 Å². The summed E-state index contributed by atoms with van der Waals surface area (Å²) in [6, 6.07) is 11.8. The van der Waals surface area contributed by atoms with Crippen LogP contribution in [0.5, 0.6) is 5.75 Å². The fourth-order valence-electron chi connectivity index (χ4n) is 2.52. The Morgan fingerprint density at radius 2 is 2.05 bits per heavy atom. The highest BCUT2D eigenvalue weighted by Gasteiger charge is 2.15. The lowest BCUT2D eigenvalue weighted by Crippen LogP contribution is -1.99. The fraction of sp³-hybridized carbons (Fsp3) is 0.188. The first kappa shape index (κ1) is 13.9. The maximum absolute atomic E-state index is 5.83. The van der Waals surface area contributed by atoms with Gasteiger partial charge in [0.15, 0.2) is 0 Å². The van der Waals surface area contributed by atoms with Gasteiger partial charge in [-0.2, -0.15) is 0 Å². The predicted octanol–water partition coefficient (Wildman–Crippen LogP) is 4.08. The van der Waals surface area contributed by atoms with Gasteiger partial charge in [0.1, 0.15) is 11.6 Å². The molecule has 0 aliphatic heterocycles. The van der Waals surface area contributed by atoms with E-state index in [4.69, 9.17) is 15.5 Å². The number of ether oxygens (including phenoxy) is 1. The molecular formula is C16H16BrN3O. The summed E-state index contributed by atoms with van der Waals surface area (Å²) in [6.07, 6.45) is 0. The monoisotopic (exact) mass is 345 g/mol. The molecule has 0 saturated heterocycles. The standard InChI is InChI=1S/C16H16BrN3O/c1-3-20-14-7-4-10(17)8-13(14)19-16(20)12-6-5-11(18)9-15(12)21-2/h4-9H,3,18H2,1-2H3. The Balaban J connectivity index is 2.29. The molecule has 21 heavy (non-hydrogen) atoms. The first-order chi connectivity index (χ1) is 10.1. The van der Waals surface area contributed by atoms with Gasteiger partial charge in [-0.25, -0.2) is 4.98 Å². The summed E-state index contributed by atoms with van der Waals surface area (Å²) in [5.41, 5.74) is 9.52. The van der Waals surface area contributed by atoms with Crippen molar-refractivity contribution in [2.45, 2.75) is 13.5 Å². The highest BCUT2D eigenvalue weighted by Crippen LogP contribution is 2.33. The van der Waals surface area contributed by atoms with E-state index in [0.717, 1.165) is 39.2 Å². The molecule has 0 aliphatic carbocycles. The number of rotatable bonds is 3. The third-order valence-corrected chi connectivity index (χ3v) is 3.99. The van der Waals surface area contributed by atoms with E-state index in [2.05, 4.69) is 33.5 Å². The number of methoxy groups -OCH3 is 1. The van der Waals surface area contributed by atoms with E-state index in [1.165, 1.54) is 0 Å². The average Bonchev–Trinajstić information content (AvgIpc) is 2.84. The molecule has 0 unspecified atom stereocenters. The van der Waals surface area contributed by atoms with Gasteiger partial charge >= 0.3 is 0 Å². The summed E-state index contributed by atoms with van der Waals surface area (Å²) in [7, 11) is 1.65. The van der Waals surface area contributed by atoms with Crippen molar-refractivity contribution in [3.8, 4) is 17.1 Å². The molecule has 3 aromatic rings. The zero-order chi connectivity index (χ0) is 15.0. The van der Waals surface area contributed by atoms with E-state index in [-0.39, 0.29) is 0 Å². The van der Waals surface area contributed by atoms with Crippen LogP contribution in [0.2, 0.25) is 0 Å². The zero-order valence-electron chi connectivity index (χ0n) is 11.9. The smallest absolute Gasteiger partial charge is 0.144 e. The van der Waals surface area contributed by atoms with Crippen molar-refractivity contribution >= 4 is 32.7 Å². The number of nitrogens with two attached hydrogens (primary N) is 1. The number of nitrogen functional groups attached to an aromatic ring is 1. The largest absolute Gasteiger partial charge is 0.496 e. The van der Waals surface area contributed by atoms with Gasteiger partial charge in [-0.3, -0.25) is 0 Å². The third kappa shape index (κ3) is 2.38. The molecular weight excluding hydrogens is 330 g/mol. The van der Waals surface area contributed by atoms with Gasteiger partial charge in [-0.05, 0) is 37.3 Å². The summed E-state index contributed by atoms with van der Waals surface area (Å²) in [4.78, 5) is 4.77. The summed E-state index contributed by atoms with van der Waals surface area (Å²) in [6.45, 7) is 2.94. The van der Waals surface area contributed by atoms with Crippen molar-refractivity contribution in [1.29, 1.82) is 0 Å². The molecule has 1 aromatic heterocycles. The Morgan fingerprint density at radius 1 is 1.24 bits per heavy atom. The molecule has 5 heteroatoms. The minimum atomic E-state index is 0.678. The number of imidazole rings is 1. The van der Waals surface area contributed by atoms with E-state index >= 15 is 0 Å². The number of hydrogen-bond donors (Lipinski definition) is 1. The van der Waals surface area contributed by atoms with Crippen LogP contribution in [0.1, 0.15) is 6.92 Å². The Labute approximate surface area is 131 Å². The van der Waals surface area contributed by atoms with Crippen LogP contribution in [0.4, 0.5) is 5.69 Å². The Hall–Kier alpha value is -2.01. The topological polar surface area (TPSA) is 53.1 Å². The van der Waals surface area contributed by atoms with Gasteiger partial charge < -0.3 is 15.0 Å². The van der Waals surface area contributed by atoms with Crippen LogP contribution in [0.25, 0.3) is 22.4 Å². The van der Waals surface area contributed by atoms with Crippen LogP contribution in [0, 0.1) is 0 Å². The van der Waals surface area contributed by atoms with Crippen LogP contribution >= 0.6 is 15.9 Å². The maximum Gasteiger partial charge on any atom is 0.144 e. The van der Waals surface area contributed by atoms with Gasteiger partial charge in [-0.15, -0.1) is 0 Å². The molecule has 0 fully saturated rings. The van der Waals surface area contributed by atoms with Crippen molar-refractivity contribution in [3.05, 3.63) is 40.9 Å². The molecule has 1 heterocycles. The van der Waals surface area contributed by atoms with Gasteiger partial charge in [0.2, 0.25) is 0 Å². The minimum absolute atomic E-state index is 0.678. The normalized spacial score (nSPS) is 11.0. The summed E-state index contributed by atoms with van der Waals surface area (Å²) in [5.74, 6) is 1.63. The SMILES string of the molecule is CCn1c(-c2ccc(N)cc2OC)nc2cc(Br)ccc21. The van der Waals surface area contributed by atoms with Gasteiger partial charge in [0.25, 0.3) is 0 Å².